The Bertz CT molecular complexity index is 1320. The molecule has 1 unspecified atom stereocenters. The number of fused-ring (bicyclic) bond motifs is 1. The van der Waals surface area contributed by atoms with E-state index in [9.17, 15) is 9.59 Å². The molecule has 0 aliphatic carbocycles. The quantitative estimate of drug-likeness (QED) is 0.470. The summed E-state index contributed by atoms with van der Waals surface area (Å²) in [6.45, 7) is 0. The maximum atomic E-state index is 12.0. The fraction of sp³-hybridized carbons (Fsp3) is 0.0455. The SMILES string of the molecule is NC(=O)c1[nH]c(=O)ncc1N1c2ccccc2NC1c1cnc(-c2ccccc2)nc1. The lowest BCUT2D eigenvalue weighted by Crippen LogP contribution is -2.29. The van der Waals surface area contributed by atoms with Crippen molar-refractivity contribution in [1.82, 2.24) is 19.9 Å². The molecule has 2 aromatic heterocycles. The molecular weight excluding hydrogens is 394 g/mol. The van der Waals surface area contributed by atoms with Crippen LogP contribution in [0.1, 0.15) is 22.2 Å². The van der Waals surface area contributed by atoms with Gasteiger partial charge in [0.05, 0.1) is 23.3 Å². The average Bonchev–Trinajstić information content (AvgIpc) is 3.19. The van der Waals surface area contributed by atoms with Gasteiger partial charge in [0.2, 0.25) is 0 Å². The molecule has 31 heavy (non-hydrogen) atoms. The van der Waals surface area contributed by atoms with E-state index in [0.29, 0.717) is 11.5 Å². The van der Waals surface area contributed by atoms with Crippen molar-refractivity contribution < 1.29 is 4.79 Å². The molecule has 1 aliphatic rings. The van der Waals surface area contributed by atoms with Crippen LogP contribution in [-0.4, -0.2) is 25.8 Å². The third-order valence-electron chi connectivity index (χ3n) is 5.03. The molecule has 4 N–H and O–H groups in total. The highest BCUT2D eigenvalue weighted by Gasteiger charge is 2.34. The topological polar surface area (TPSA) is 130 Å². The zero-order chi connectivity index (χ0) is 21.4. The molecule has 9 nitrogen and oxygen atoms in total. The second kappa shape index (κ2) is 7.38. The van der Waals surface area contributed by atoms with Crippen molar-refractivity contribution in [2.45, 2.75) is 6.17 Å². The van der Waals surface area contributed by atoms with E-state index in [2.05, 4.69) is 25.3 Å². The predicted octanol–water partition coefficient (Wildman–Crippen LogP) is 2.59. The zero-order valence-corrected chi connectivity index (χ0v) is 16.2. The number of aromatic nitrogens is 4. The van der Waals surface area contributed by atoms with Crippen LogP contribution in [0.3, 0.4) is 0 Å². The van der Waals surface area contributed by atoms with Crippen LogP contribution in [0.25, 0.3) is 11.4 Å². The number of para-hydroxylation sites is 2. The highest BCUT2D eigenvalue weighted by atomic mass is 16.2. The number of nitrogens with zero attached hydrogens (tertiary/aromatic N) is 4. The Hall–Kier alpha value is -4.53. The Morgan fingerprint density at radius 3 is 2.35 bits per heavy atom. The number of anilines is 3. The number of amides is 1. The molecule has 0 fully saturated rings. The molecule has 0 spiro atoms. The number of nitrogens with one attached hydrogen (secondary N) is 2. The number of H-pyrrole nitrogens is 1. The molecule has 1 aliphatic heterocycles. The first-order valence-electron chi connectivity index (χ1n) is 9.53. The Morgan fingerprint density at radius 2 is 1.61 bits per heavy atom. The van der Waals surface area contributed by atoms with Crippen molar-refractivity contribution in [2.24, 2.45) is 5.73 Å². The Kier molecular flexibility index (Phi) is 4.40. The molecule has 0 saturated carbocycles. The van der Waals surface area contributed by atoms with Crippen LogP contribution in [0.2, 0.25) is 0 Å². The molecule has 9 heteroatoms. The summed E-state index contributed by atoms with van der Waals surface area (Å²) in [6, 6.07) is 17.3. The highest BCUT2D eigenvalue weighted by molar-refractivity contribution is 5.99. The predicted molar refractivity (Wildman–Crippen MR) is 116 cm³/mol. The Balaban J connectivity index is 1.61. The summed E-state index contributed by atoms with van der Waals surface area (Å²) in [5.41, 5.74) is 8.56. The number of carbonyl (C=O) groups excluding carboxylic acids is 1. The molecule has 2 aromatic carbocycles. The summed E-state index contributed by atoms with van der Waals surface area (Å²) in [6.07, 6.45) is 4.37. The van der Waals surface area contributed by atoms with Crippen LogP contribution in [0.15, 0.2) is 78.0 Å². The molecule has 1 amide bonds. The monoisotopic (exact) mass is 411 g/mol. The number of primary amides is 1. The fourth-order valence-electron chi connectivity index (χ4n) is 3.63. The summed E-state index contributed by atoms with van der Waals surface area (Å²) < 4.78 is 0. The van der Waals surface area contributed by atoms with Gasteiger partial charge in [-0.15, -0.1) is 0 Å². The molecule has 0 saturated heterocycles. The number of carbonyl (C=O) groups is 1. The molecule has 5 rings (SSSR count). The van der Waals surface area contributed by atoms with Crippen molar-refractivity contribution in [2.75, 3.05) is 10.2 Å². The van der Waals surface area contributed by atoms with Crippen LogP contribution in [0.4, 0.5) is 17.1 Å². The maximum absolute atomic E-state index is 12.0. The first-order valence-corrected chi connectivity index (χ1v) is 9.53. The van der Waals surface area contributed by atoms with Gasteiger partial charge in [0, 0.05) is 23.5 Å². The standard InChI is InChI=1S/C22H17N7O2/c23-19(30)18-17(12-26-22(31)28-18)29-16-9-5-4-8-15(16)27-21(29)14-10-24-20(25-11-14)13-6-2-1-3-7-13/h1-12,21,27H,(H2,23,30)(H,26,28,31). The van der Waals surface area contributed by atoms with Gasteiger partial charge in [-0.1, -0.05) is 42.5 Å². The smallest absolute Gasteiger partial charge is 0.345 e. The molecule has 4 aromatic rings. The second-order valence-electron chi connectivity index (χ2n) is 6.95. The molecule has 152 valence electrons. The average molecular weight is 411 g/mol. The Morgan fingerprint density at radius 1 is 0.903 bits per heavy atom. The number of nitrogens with two attached hydrogens (primary N) is 1. The summed E-state index contributed by atoms with van der Waals surface area (Å²) in [5.74, 6) is -0.150. The number of aromatic amines is 1. The molecular formula is C22H17N7O2. The molecule has 1 atom stereocenters. The summed E-state index contributed by atoms with van der Waals surface area (Å²) in [4.78, 5) is 40.9. The van der Waals surface area contributed by atoms with Gasteiger partial charge in [-0.2, -0.15) is 4.98 Å². The van der Waals surface area contributed by atoms with Crippen LogP contribution in [0.5, 0.6) is 0 Å². The summed E-state index contributed by atoms with van der Waals surface area (Å²) >= 11 is 0. The minimum Gasteiger partial charge on any atom is -0.364 e. The van der Waals surface area contributed by atoms with Crippen LogP contribution >= 0.6 is 0 Å². The number of rotatable bonds is 4. The molecule has 0 bridgehead atoms. The third-order valence-corrected chi connectivity index (χ3v) is 5.03. The first kappa shape index (κ1) is 18.5. The van der Waals surface area contributed by atoms with Crippen molar-refractivity contribution >= 4 is 23.0 Å². The summed E-state index contributed by atoms with van der Waals surface area (Å²) in [7, 11) is 0. The Labute approximate surface area is 176 Å². The fourth-order valence-corrected chi connectivity index (χ4v) is 3.63. The van der Waals surface area contributed by atoms with Gasteiger partial charge in [-0.25, -0.2) is 14.8 Å². The molecule has 0 radical (unpaired) electrons. The van der Waals surface area contributed by atoms with Crippen molar-refractivity contribution in [3.05, 3.63) is 94.9 Å². The number of hydrogen-bond donors (Lipinski definition) is 3. The van der Waals surface area contributed by atoms with Gasteiger partial charge < -0.3 is 16.0 Å². The van der Waals surface area contributed by atoms with Gasteiger partial charge in [-0.3, -0.25) is 9.78 Å². The lowest BCUT2D eigenvalue weighted by Gasteiger charge is -2.27. The van der Waals surface area contributed by atoms with E-state index in [4.69, 9.17) is 5.73 Å². The lowest BCUT2D eigenvalue weighted by atomic mass is 10.2. The van der Waals surface area contributed by atoms with Crippen molar-refractivity contribution in [3.63, 3.8) is 0 Å². The van der Waals surface area contributed by atoms with E-state index < -0.39 is 17.8 Å². The van der Waals surface area contributed by atoms with Crippen molar-refractivity contribution in [3.8, 4) is 11.4 Å². The zero-order valence-electron chi connectivity index (χ0n) is 16.2. The van der Waals surface area contributed by atoms with Gasteiger partial charge in [0.15, 0.2) is 5.82 Å². The van der Waals surface area contributed by atoms with Gasteiger partial charge in [0.25, 0.3) is 5.91 Å². The van der Waals surface area contributed by atoms with Crippen LogP contribution in [-0.2, 0) is 0 Å². The van der Waals surface area contributed by atoms with Crippen molar-refractivity contribution in [1.29, 1.82) is 0 Å². The van der Waals surface area contributed by atoms with E-state index in [1.807, 2.05) is 59.5 Å². The van der Waals surface area contributed by atoms with E-state index in [0.717, 1.165) is 22.5 Å². The minimum atomic E-state index is -0.756. The van der Waals surface area contributed by atoms with Crippen LogP contribution < -0.4 is 21.6 Å². The van der Waals surface area contributed by atoms with E-state index in [1.165, 1.54) is 6.20 Å². The lowest BCUT2D eigenvalue weighted by molar-refractivity contribution is 0.0995. The summed E-state index contributed by atoms with van der Waals surface area (Å²) in [5, 5.41) is 3.41. The largest absolute Gasteiger partial charge is 0.364 e. The number of benzene rings is 2. The maximum Gasteiger partial charge on any atom is 0.345 e. The minimum absolute atomic E-state index is 0.0228. The normalized spacial score (nSPS) is 14.7. The van der Waals surface area contributed by atoms with E-state index in [-0.39, 0.29) is 5.69 Å². The van der Waals surface area contributed by atoms with Gasteiger partial charge >= 0.3 is 5.69 Å². The van der Waals surface area contributed by atoms with Gasteiger partial charge in [-0.05, 0) is 12.1 Å². The van der Waals surface area contributed by atoms with Gasteiger partial charge in [0.1, 0.15) is 11.9 Å². The molecule has 3 heterocycles. The third kappa shape index (κ3) is 3.27. The highest BCUT2D eigenvalue weighted by Crippen LogP contribution is 2.45. The van der Waals surface area contributed by atoms with Crippen LogP contribution in [0, 0.1) is 0 Å². The van der Waals surface area contributed by atoms with E-state index >= 15 is 0 Å². The number of hydrogen-bond acceptors (Lipinski definition) is 7. The van der Waals surface area contributed by atoms with E-state index in [1.54, 1.807) is 12.4 Å². The second-order valence-corrected chi connectivity index (χ2v) is 6.95. The first-order chi connectivity index (χ1) is 15.1.